The molecule has 0 amide bonds. The highest BCUT2D eigenvalue weighted by molar-refractivity contribution is 5.90. The maximum absolute atomic E-state index is 12.2. The number of hydrogen-bond acceptors (Lipinski definition) is 4. The van der Waals surface area contributed by atoms with Crippen LogP contribution >= 0.6 is 0 Å². The Bertz CT molecular complexity index is 1010. The summed E-state index contributed by atoms with van der Waals surface area (Å²) >= 11 is 0. The molecule has 0 bridgehead atoms. The molecule has 0 N–H and O–H groups in total. The minimum atomic E-state index is -0.330. The van der Waals surface area contributed by atoms with Gasteiger partial charge < -0.3 is 4.74 Å². The second-order valence-corrected chi connectivity index (χ2v) is 5.62. The summed E-state index contributed by atoms with van der Waals surface area (Å²) < 4.78 is 7.05. The number of nitrogens with zero attached hydrogens (tertiary/aromatic N) is 3. The highest BCUT2D eigenvalue weighted by atomic mass is 16.5. The van der Waals surface area contributed by atoms with E-state index in [4.69, 9.17) is 4.74 Å². The van der Waals surface area contributed by atoms with Crippen molar-refractivity contribution in [3.8, 4) is 11.1 Å². The number of pyridine rings is 1. The molecule has 0 unspecified atom stereocenters. The smallest absolute Gasteiger partial charge is 0.338 e. The van der Waals surface area contributed by atoms with Crippen molar-refractivity contribution in [1.82, 2.24) is 14.6 Å². The molecule has 0 saturated heterocycles. The molecular formula is C20H15N3O2. The number of ether oxygens (including phenoxy) is 1. The van der Waals surface area contributed by atoms with Crippen LogP contribution in [0.4, 0.5) is 0 Å². The zero-order valence-electron chi connectivity index (χ0n) is 13.4. The van der Waals surface area contributed by atoms with Crippen molar-refractivity contribution < 1.29 is 9.53 Å². The van der Waals surface area contributed by atoms with Crippen molar-refractivity contribution >= 4 is 11.6 Å². The van der Waals surface area contributed by atoms with Crippen LogP contribution in [0.3, 0.4) is 0 Å². The SMILES string of the molecule is O=C(OCc1ccccc1)c1ccc(-c2ccn3ncnc3c2)cc1. The van der Waals surface area contributed by atoms with Crippen LogP contribution in [0.15, 0.2) is 79.3 Å². The molecule has 0 aliphatic heterocycles. The maximum Gasteiger partial charge on any atom is 0.338 e. The Labute approximate surface area is 144 Å². The third kappa shape index (κ3) is 3.26. The average molecular weight is 329 g/mol. The molecule has 122 valence electrons. The van der Waals surface area contributed by atoms with Crippen LogP contribution in [0.2, 0.25) is 0 Å². The molecule has 0 aliphatic rings. The second-order valence-electron chi connectivity index (χ2n) is 5.62. The van der Waals surface area contributed by atoms with Gasteiger partial charge in [-0.3, -0.25) is 0 Å². The van der Waals surface area contributed by atoms with E-state index in [-0.39, 0.29) is 12.6 Å². The Morgan fingerprint density at radius 2 is 1.76 bits per heavy atom. The number of carbonyl (C=O) groups excluding carboxylic acids is 1. The summed E-state index contributed by atoms with van der Waals surface area (Å²) in [5.74, 6) is -0.330. The van der Waals surface area contributed by atoms with E-state index in [1.165, 1.54) is 6.33 Å². The van der Waals surface area contributed by atoms with Gasteiger partial charge in [-0.05, 0) is 41.0 Å². The lowest BCUT2D eigenvalue weighted by molar-refractivity contribution is 0.0473. The molecule has 4 rings (SSSR count). The van der Waals surface area contributed by atoms with Crippen molar-refractivity contribution in [2.45, 2.75) is 6.61 Å². The van der Waals surface area contributed by atoms with Crippen LogP contribution in [0.25, 0.3) is 16.8 Å². The van der Waals surface area contributed by atoms with Crippen LogP contribution in [-0.2, 0) is 11.3 Å². The Morgan fingerprint density at radius 1 is 0.960 bits per heavy atom. The van der Waals surface area contributed by atoms with Gasteiger partial charge in [0, 0.05) is 6.20 Å². The molecule has 5 nitrogen and oxygen atoms in total. The molecule has 0 spiro atoms. The predicted molar refractivity (Wildman–Crippen MR) is 94.0 cm³/mol. The van der Waals surface area contributed by atoms with Gasteiger partial charge in [0.05, 0.1) is 5.56 Å². The van der Waals surface area contributed by atoms with Gasteiger partial charge in [-0.1, -0.05) is 42.5 Å². The first-order chi connectivity index (χ1) is 12.3. The zero-order chi connectivity index (χ0) is 17.1. The van der Waals surface area contributed by atoms with Crippen LogP contribution < -0.4 is 0 Å². The van der Waals surface area contributed by atoms with E-state index in [1.807, 2.05) is 60.8 Å². The third-order valence-electron chi connectivity index (χ3n) is 3.95. The van der Waals surface area contributed by atoms with Gasteiger partial charge in [-0.2, -0.15) is 5.10 Å². The fraction of sp³-hybridized carbons (Fsp3) is 0.0500. The Balaban J connectivity index is 1.48. The number of fused-ring (bicyclic) bond motifs is 1. The fourth-order valence-corrected chi connectivity index (χ4v) is 2.60. The molecular weight excluding hydrogens is 314 g/mol. The van der Waals surface area contributed by atoms with Gasteiger partial charge in [-0.25, -0.2) is 14.3 Å². The van der Waals surface area contributed by atoms with E-state index in [0.717, 1.165) is 22.3 Å². The molecule has 25 heavy (non-hydrogen) atoms. The second kappa shape index (κ2) is 6.57. The molecule has 0 radical (unpaired) electrons. The molecule has 0 atom stereocenters. The number of carbonyl (C=O) groups is 1. The minimum absolute atomic E-state index is 0.269. The van der Waals surface area contributed by atoms with Crippen LogP contribution in [0, 0.1) is 0 Å². The summed E-state index contributed by atoms with van der Waals surface area (Å²) in [5.41, 5.74) is 4.30. The topological polar surface area (TPSA) is 56.5 Å². The highest BCUT2D eigenvalue weighted by Gasteiger charge is 2.08. The van der Waals surface area contributed by atoms with Crippen molar-refractivity contribution in [3.05, 3.63) is 90.4 Å². The summed E-state index contributed by atoms with van der Waals surface area (Å²) in [6, 6.07) is 20.9. The Morgan fingerprint density at radius 3 is 2.56 bits per heavy atom. The highest BCUT2D eigenvalue weighted by Crippen LogP contribution is 2.21. The maximum atomic E-state index is 12.2. The summed E-state index contributed by atoms with van der Waals surface area (Å²) in [6.45, 7) is 0.269. The molecule has 0 fully saturated rings. The molecule has 2 aromatic carbocycles. The van der Waals surface area contributed by atoms with E-state index in [2.05, 4.69) is 10.1 Å². The van der Waals surface area contributed by atoms with Crippen molar-refractivity contribution in [2.24, 2.45) is 0 Å². The summed E-state index contributed by atoms with van der Waals surface area (Å²) in [7, 11) is 0. The molecule has 5 heteroatoms. The van der Waals surface area contributed by atoms with Crippen LogP contribution in [0.1, 0.15) is 15.9 Å². The van der Waals surface area contributed by atoms with Crippen LogP contribution in [-0.4, -0.2) is 20.6 Å². The molecule has 2 aromatic heterocycles. The van der Waals surface area contributed by atoms with Crippen molar-refractivity contribution in [2.75, 3.05) is 0 Å². The zero-order valence-corrected chi connectivity index (χ0v) is 13.4. The van der Waals surface area contributed by atoms with E-state index in [1.54, 1.807) is 16.6 Å². The monoisotopic (exact) mass is 329 g/mol. The summed E-state index contributed by atoms with van der Waals surface area (Å²) in [6.07, 6.45) is 3.38. The van der Waals surface area contributed by atoms with Crippen molar-refractivity contribution in [1.29, 1.82) is 0 Å². The first kappa shape index (κ1) is 15.1. The van der Waals surface area contributed by atoms with E-state index in [0.29, 0.717) is 5.56 Å². The predicted octanol–water partition coefficient (Wildman–Crippen LogP) is 3.75. The van der Waals surface area contributed by atoms with Gasteiger partial charge in [0.1, 0.15) is 12.9 Å². The standard InChI is InChI=1S/C20H15N3O2/c24-20(25-13-15-4-2-1-3-5-15)17-8-6-16(7-9-17)18-10-11-23-19(12-18)21-14-22-23/h1-12,14H,13H2. The Hall–Kier alpha value is -3.47. The summed E-state index contributed by atoms with van der Waals surface area (Å²) in [5, 5.41) is 4.08. The lowest BCUT2D eigenvalue weighted by Gasteiger charge is -2.06. The van der Waals surface area contributed by atoms with E-state index in [9.17, 15) is 4.79 Å². The third-order valence-corrected chi connectivity index (χ3v) is 3.95. The largest absolute Gasteiger partial charge is 0.457 e. The normalized spacial score (nSPS) is 10.7. The average Bonchev–Trinajstić information content (AvgIpc) is 3.15. The molecule has 4 aromatic rings. The number of esters is 1. The first-order valence-corrected chi connectivity index (χ1v) is 7.90. The van der Waals surface area contributed by atoms with E-state index >= 15 is 0 Å². The lowest BCUT2D eigenvalue weighted by atomic mass is 10.1. The van der Waals surface area contributed by atoms with Gasteiger partial charge in [0.25, 0.3) is 0 Å². The first-order valence-electron chi connectivity index (χ1n) is 7.90. The molecule has 0 aliphatic carbocycles. The number of hydrogen-bond donors (Lipinski definition) is 0. The molecule has 2 heterocycles. The molecule has 0 saturated carbocycles. The van der Waals surface area contributed by atoms with Crippen LogP contribution in [0.5, 0.6) is 0 Å². The van der Waals surface area contributed by atoms with Gasteiger partial charge in [0.2, 0.25) is 0 Å². The fourth-order valence-electron chi connectivity index (χ4n) is 2.60. The lowest BCUT2D eigenvalue weighted by Crippen LogP contribution is -2.05. The van der Waals surface area contributed by atoms with Crippen molar-refractivity contribution in [3.63, 3.8) is 0 Å². The van der Waals surface area contributed by atoms with Gasteiger partial charge in [-0.15, -0.1) is 0 Å². The number of aromatic nitrogens is 3. The van der Waals surface area contributed by atoms with E-state index < -0.39 is 0 Å². The quantitative estimate of drug-likeness (QED) is 0.535. The summed E-state index contributed by atoms with van der Waals surface area (Å²) in [4.78, 5) is 16.3. The number of rotatable bonds is 4. The Kier molecular flexibility index (Phi) is 3.96. The number of benzene rings is 2. The van der Waals surface area contributed by atoms with Gasteiger partial charge >= 0.3 is 5.97 Å². The minimum Gasteiger partial charge on any atom is -0.457 e. The van der Waals surface area contributed by atoms with Gasteiger partial charge in [0.15, 0.2) is 5.65 Å².